The maximum Gasteiger partial charge on any atom is 0.0471 e. The molecule has 0 radical (unpaired) electrons. The van der Waals surface area contributed by atoms with E-state index in [1.807, 2.05) is 0 Å². The Bertz CT molecular complexity index is 119. The van der Waals surface area contributed by atoms with Crippen molar-refractivity contribution in [2.75, 3.05) is 26.8 Å². The lowest BCUT2D eigenvalue weighted by Crippen LogP contribution is -2.36. The van der Waals surface area contributed by atoms with Gasteiger partial charge in [0.1, 0.15) is 0 Å². The molecule has 1 fully saturated rings. The molecule has 3 heteroatoms. The Kier molecular flexibility index (Phi) is 2.87. The quantitative estimate of drug-likeness (QED) is 0.613. The van der Waals surface area contributed by atoms with Gasteiger partial charge in [-0.25, -0.2) is 0 Å². The van der Waals surface area contributed by atoms with Crippen LogP contribution in [-0.2, 0) is 4.74 Å². The van der Waals surface area contributed by atoms with Gasteiger partial charge in [-0.05, 0) is 18.3 Å². The van der Waals surface area contributed by atoms with Crippen molar-refractivity contribution in [2.24, 2.45) is 5.41 Å². The number of rotatable bonds is 2. The molecular weight excluding hydrogens is 142 g/mol. The van der Waals surface area contributed by atoms with Gasteiger partial charge in [0, 0.05) is 26.8 Å². The second-order valence-corrected chi connectivity index (χ2v) is 3.74. The van der Waals surface area contributed by atoms with Crippen LogP contribution in [0.25, 0.3) is 0 Å². The van der Waals surface area contributed by atoms with Crippen LogP contribution in [0.2, 0.25) is 0 Å². The van der Waals surface area contributed by atoms with Gasteiger partial charge in [0.05, 0.1) is 0 Å². The van der Waals surface area contributed by atoms with Gasteiger partial charge in [-0.2, -0.15) is 5.06 Å². The number of hydrogen-bond acceptors (Lipinski definition) is 3. The van der Waals surface area contributed by atoms with Crippen LogP contribution >= 0.6 is 0 Å². The van der Waals surface area contributed by atoms with Crippen LogP contribution in [0.1, 0.15) is 19.8 Å². The van der Waals surface area contributed by atoms with Gasteiger partial charge in [0.15, 0.2) is 0 Å². The van der Waals surface area contributed by atoms with E-state index >= 15 is 0 Å². The molecule has 0 spiro atoms. The molecule has 1 saturated heterocycles. The molecule has 11 heavy (non-hydrogen) atoms. The van der Waals surface area contributed by atoms with Crippen LogP contribution in [0, 0.1) is 5.41 Å². The molecule has 0 bridgehead atoms. The summed E-state index contributed by atoms with van der Waals surface area (Å²) in [4.78, 5) is 0. The van der Waals surface area contributed by atoms with Crippen LogP contribution in [-0.4, -0.2) is 37.1 Å². The summed E-state index contributed by atoms with van der Waals surface area (Å²) in [7, 11) is 1.70. The van der Waals surface area contributed by atoms with E-state index in [-0.39, 0.29) is 5.41 Å². The van der Waals surface area contributed by atoms with Crippen molar-refractivity contribution in [3.63, 3.8) is 0 Å². The van der Waals surface area contributed by atoms with Gasteiger partial charge in [0.25, 0.3) is 0 Å². The van der Waals surface area contributed by atoms with E-state index < -0.39 is 0 Å². The van der Waals surface area contributed by atoms with E-state index in [1.165, 1.54) is 5.06 Å². The average Bonchev–Trinajstić information content (AvgIpc) is 1.85. The predicted octanol–water partition coefficient (Wildman–Crippen LogP) is 1.12. The lowest BCUT2D eigenvalue weighted by atomic mass is 9.82. The highest BCUT2D eigenvalue weighted by molar-refractivity contribution is 4.78. The van der Waals surface area contributed by atoms with E-state index in [4.69, 9.17) is 9.94 Å². The van der Waals surface area contributed by atoms with E-state index in [0.717, 1.165) is 32.6 Å². The van der Waals surface area contributed by atoms with Crippen LogP contribution < -0.4 is 0 Å². The van der Waals surface area contributed by atoms with Crippen molar-refractivity contribution >= 4 is 0 Å². The molecule has 0 aromatic carbocycles. The lowest BCUT2D eigenvalue weighted by molar-refractivity contribution is -0.109. The minimum Gasteiger partial charge on any atom is -0.381 e. The van der Waals surface area contributed by atoms with Crippen LogP contribution in [0.4, 0.5) is 0 Å². The third-order valence-electron chi connectivity index (χ3n) is 2.31. The SMILES string of the molecule is CN(O)CC1(C)CCOCC1. The van der Waals surface area contributed by atoms with Crippen molar-refractivity contribution in [1.29, 1.82) is 0 Å². The van der Waals surface area contributed by atoms with E-state index in [0.29, 0.717) is 0 Å². The fourth-order valence-corrected chi connectivity index (χ4v) is 1.57. The van der Waals surface area contributed by atoms with Crippen molar-refractivity contribution in [2.45, 2.75) is 19.8 Å². The zero-order valence-corrected chi connectivity index (χ0v) is 7.34. The third kappa shape index (κ3) is 2.77. The Balaban J connectivity index is 2.37. The van der Waals surface area contributed by atoms with Crippen molar-refractivity contribution in [3.05, 3.63) is 0 Å². The first-order chi connectivity index (χ1) is 5.12. The van der Waals surface area contributed by atoms with E-state index in [9.17, 15) is 0 Å². The lowest BCUT2D eigenvalue weighted by Gasteiger charge is -2.34. The topological polar surface area (TPSA) is 32.7 Å². The predicted molar refractivity (Wildman–Crippen MR) is 42.6 cm³/mol. The third-order valence-corrected chi connectivity index (χ3v) is 2.31. The molecule has 0 aromatic rings. The summed E-state index contributed by atoms with van der Waals surface area (Å²) in [5, 5.41) is 10.3. The normalized spacial score (nSPS) is 24.0. The van der Waals surface area contributed by atoms with Crippen LogP contribution in [0.3, 0.4) is 0 Å². The number of ether oxygens (including phenoxy) is 1. The van der Waals surface area contributed by atoms with Crippen LogP contribution in [0.5, 0.6) is 0 Å². The van der Waals surface area contributed by atoms with Gasteiger partial charge in [-0.3, -0.25) is 0 Å². The molecule has 66 valence electrons. The minimum atomic E-state index is 0.252. The number of hydrogen-bond donors (Lipinski definition) is 1. The summed E-state index contributed by atoms with van der Waals surface area (Å²) >= 11 is 0. The van der Waals surface area contributed by atoms with Gasteiger partial charge in [-0.15, -0.1) is 0 Å². The first kappa shape index (κ1) is 8.97. The molecule has 0 atom stereocenters. The summed E-state index contributed by atoms with van der Waals surface area (Å²) in [6.45, 7) is 4.62. The summed E-state index contributed by atoms with van der Waals surface area (Å²) in [6.07, 6.45) is 2.11. The molecule has 1 heterocycles. The zero-order valence-electron chi connectivity index (χ0n) is 7.34. The standard InChI is InChI=1S/C8H17NO2/c1-8(7-9(2)10)3-5-11-6-4-8/h10H,3-7H2,1-2H3. The highest BCUT2D eigenvalue weighted by atomic mass is 16.5. The van der Waals surface area contributed by atoms with Gasteiger partial charge in [0.2, 0.25) is 0 Å². The van der Waals surface area contributed by atoms with Gasteiger partial charge in [-0.1, -0.05) is 6.92 Å². The maximum absolute atomic E-state index is 9.06. The highest BCUT2D eigenvalue weighted by Gasteiger charge is 2.28. The van der Waals surface area contributed by atoms with Gasteiger partial charge < -0.3 is 9.94 Å². The van der Waals surface area contributed by atoms with Crippen molar-refractivity contribution in [3.8, 4) is 0 Å². The second kappa shape index (κ2) is 3.52. The monoisotopic (exact) mass is 159 g/mol. The molecule has 0 unspecified atom stereocenters. The summed E-state index contributed by atoms with van der Waals surface area (Å²) in [5.41, 5.74) is 0.252. The Morgan fingerprint density at radius 3 is 2.45 bits per heavy atom. The summed E-state index contributed by atoms with van der Waals surface area (Å²) in [5.74, 6) is 0. The molecule has 1 aliphatic rings. The Hall–Kier alpha value is -0.120. The summed E-state index contributed by atoms with van der Waals surface area (Å²) < 4.78 is 5.25. The van der Waals surface area contributed by atoms with Crippen molar-refractivity contribution in [1.82, 2.24) is 5.06 Å². The van der Waals surface area contributed by atoms with Crippen LogP contribution in [0.15, 0.2) is 0 Å². The second-order valence-electron chi connectivity index (χ2n) is 3.74. The Labute approximate surface area is 67.9 Å². The molecule has 0 amide bonds. The molecular formula is C8H17NO2. The average molecular weight is 159 g/mol. The number of hydroxylamine groups is 2. The van der Waals surface area contributed by atoms with Crippen molar-refractivity contribution < 1.29 is 9.94 Å². The smallest absolute Gasteiger partial charge is 0.0471 e. The van der Waals surface area contributed by atoms with E-state index in [2.05, 4.69) is 6.92 Å². The Morgan fingerprint density at radius 2 is 2.00 bits per heavy atom. The molecule has 1 aliphatic heterocycles. The minimum absolute atomic E-state index is 0.252. The summed E-state index contributed by atoms with van der Waals surface area (Å²) in [6, 6.07) is 0. The largest absolute Gasteiger partial charge is 0.381 e. The molecule has 0 aliphatic carbocycles. The molecule has 0 saturated carbocycles. The first-order valence-corrected chi connectivity index (χ1v) is 4.10. The first-order valence-electron chi connectivity index (χ1n) is 4.10. The number of nitrogens with zero attached hydrogens (tertiary/aromatic N) is 1. The zero-order chi connectivity index (χ0) is 8.32. The molecule has 0 aromatic heterocycles. The molecule has 3 nitrogen and oxygen atoms in total. The highest BCUT2D eigenvalue weighted by Crippen LogP contribution is 2.29. The van der Waals surface area contributed by atoms with E-state index in [1.54, 1.807) is 7.05 Å². The maximum atomic E-state index is 9.06. The molecule has 1 N–H and O–H groups in total. The fourth-order valence-electron chi connectivity index (χ4n) is 1.57. The Morgan fingerprint density at radius 1 is 1.45 bits per heavy atom. The fraction of sp³-hybridized carbons (Fsp3) is 1.00. The molecule has 1 rings (SSSR count). The van der Waals surface area contributed by atoms with Gasteiger partial charge >= 0.3 is 0 Å².